The van der Waals surface area contributed by atoms with Crippen LogP contribution in [0, 0.1) is 18.3 Å². The van der Waals surface area contributed by atoms with Gasteiger partial charge in [0.05, 0.1) is 17.7 Å². The standard InChI is InChI=1S/C15H15N3O3/c1-8-2-3-9(6-16)10-7-18(15(21)13(8)10)11-4-5-12(19)17-14(11)20/h2-3,11,15,21H,4-5,7H2,1H3,(H,17,19,20). The Morgan fingerprint density at radius 2 is 2.19 bits per heavy atom. The first-order valence-corrected chi connectivity index (χ1v) is 6.83. The number of aliphatic hydroxyl groups excluding tert-OH is 1. The van der Waals surface area contributed by atoms with Crippen LogP contribution in [-0.4, -0.2) is 27.9 Å². The van der Waals surface area contributed by atoms with Gasteiger partial charge in [-0.2, -0.15) is 5.26 Å². The second kappa shape index (κ2) is 4.95. The van der Waals surface area contributed by atoms with Crippen LogP contribution in [0.15, 0.2) is 12.1 Å². The molecule has 0 aliphatic carbocycles. The lowest BCUT2D eigenvalue weighted by molar-refractivity contribution is -0.141. The average Bonchev–Trinajstić information content (AvgIpc) is 2.78. The SMILES string of the molecule is Cc1ccc(C#N)c2c1C(O)N(C1CCC(=O)NC1=O)C2. The number of aliphatic hydroxyl groups is 1. The summed E-state index contributed by atoms with van der Waals surface area (Å²) in [7, 11) is 0. The zero-order chi connectivity index (χ0) is 15.1. The number of imide groups is 1. The monoisotopic (exact) mass is 285 g/mol. The molecule has 0 radical (unpaired) electrons. The van der Waals surface area contributed by atoms with Crippen molar-refractivity contribution in [3.8, 4) is 6.07 Å². The molecule has 21 heavy (non-hydrogen) atoms. The van der Waals surface area contributed by atoms with Gasteiger partial charge in [0.1, 0.15) is 6.23 Å². The van der Waals surface area contributed by atoms with Gasteiger partial charge >= 0.3 is 0 Å². The largest absolute Gasteiger partial charge is 0.374 e. The van der Waals surface area contributed by atoms with Crippen LogP contribution in [0.5, 0.6) is 0 Å². The number of rotatable bonds is 1. The van der Waals surface area contributed by atoms with E-state index in [1.165, 1.54) is 0 Å². The van der Waals surface area contributed by atoms with Gasteiger partial charge in [0, 0.05) is 18.5 Å². The van der Waals surface area contributed by atoms with Gasteiger partial charge in [-0.3, -0.25) is 19.8 Å². The van der Waals surface area contributed by atoms with E-state index in [1.54, 1.807) is 17.0 Å². The Labute approximate surface area is 122 Å². The molecule has 2 aliphatic rings. The number of carbonyl (C=O) groups is 2. The number of nitriles is 1. The van der Waals surface area contributed by atoms with E-state index in [2.05, 4.69) is 11.4 Å². The van der Waals surface area contributed by atoms with Gasteiger partial charge < -0.3 is 5.11 Å². The summed E-state index contributed by atoms with van der Waals surface area (Å²) in [6.45, 7) is 2.21. The highest BCUT2D eigenvalue weighted by Crippen LogP contribution is 2.38. The number of hydrogen-bond acceptors (Lipinski definition) is 5. The van der Waals surface area contributed by atoms with Crippen LogP contribution in [0.25, 0.3) is 0 Å². The first-order valence-electron chi connectivity index (χ1n) is 6.83. The molecule has 3 rings (SSSR count). The summed E-state index contributed by atoms with van der Waals surface area (Å²) in [5.41, 5.74) is 2.89. The van der Waals surface area contributed by atoms with Crippen LogP contribution in [0.1, 0.15) is 41.3 Å². The quantitative estimate of drug-likeness (QED) is 0.732. The molecule has 0 aromatic heterocycles. The third kappa shape index (κ3) is 2.11. The van der Waals surface area contributed by atoms with E-state index in [0.717, 1.165) is 11.1 Å². The minimum absolute atomic E-state index is 0.264. The first-order chi connectivity index (χ1) is 10.0. The van der Waals surface area contributed by atoms with Crippen molar-refractivity contribution in [1.82, 2.24) is 10.2 Å². The zero-order valence-corrected chi connectivity index (χ0v) is 11.6. The fourth-order valence-corrected chi connectivity index (χ4v) is 3.13. The molecule has 2 amide bonds. The van der Waals surface area contributed by atoms with Crippen molar-refractivity contribution in [2.24, 2.45) is 0 Å². The lowest BCUT2D eigenvalue weighted by atomic mass is 9.99. The van der Waals surface area contributed by atoms with Crippen LogP contribution in [-0.2, 0) is 16.1 Å². The summed E-state index contributed by atoms with van der Waals surface area (Å²) in [5, 5.41) is 22.0. The van der Waals surface area contributed by atoms with Gasteiger partial charge in [0.2, 0.25) is 11.8 Å². The van der Waals surface area contributed by atoms with E-state index in [-0.39, 0.29) is 18.2 Å². The Kier molecular flexibility index (Phi) is 3.24. The summed E-state index contributed by atoms with van der Waals surface area (Å²) < 4.78 is 0. The van der Waals surface area contributed by atoms with E-state index >= 15 is 0 Å². The Morgan fingerprint density at radius 1 is 1.43 bits per heavy atom. The summed E-state index contributed by atoms with van der Waals surface area (Å²) in [5.74, 6) is -0.661. The minimum Gasteiger partial charge on any atom is -0.374 e. The highest BCUT2D eigenvalue weighted by atomic mass is 16.3. The fraction of sp³-hybridized carbons (Fsp3) is 0.400. The fourth-order valence-electron chi connectivity index (χ4n) is 3.13. The minimum atomic E-state index is -0.919. The van der Waals surface area contributed by atoms with Crippen molar-refractivity contribution in [2.75, 3.05) is 0 Å². The predicted molar refractivity (Wildman–Crippen MR) is 72.6 cm³/mol. The molecule has 2 heterocycles. The Hall–Kier alpha value is -2.23. The molecule has 1 aromatic rings. The summed E-state index contributed by atoms with van der Waals surface area (Å²) in [4.78, 5) is 24.9. The normalized spacial score (nSPS) is 25.4. The summed E-state index contributed by atoms with van der Waals surface area (Å²) in [6.07, 6.45) is -0.270. The molecular formula is C15H15N3O3. The summed E-state index contributed by atoms with van der Waals surface area (Å²) >= 11 is 0. The van der Waals surface area contributed by atoms with Crippen molar-refractivity contribution in [3.63, 3.8) is 0 Å². The summed E-state index contributed by atoms with van der Waals surface area (Å²) in [6, 6.07) is 5.11. The van der Waals surface area contributed by atoms with Crippen molar-refractivity contribution in [1.29, 1.82) is 5.26 Å². The molecule has 0 spiro atoms. The van der Waals surface area contributed by atoms with Crippen LogP contribution < -0.4 is 5.32 Å². The molecule has 6 nitrogen and oxygen atoms in total. The molecule has 0 bridgehead atoms. The van der Waals surface area contributed by atoms with Gasteiger partial charge in [-0.25, -0.2) is 0 Å². The maximum absolute atomic E-state index is 12.0. The number of aryl methyl sites for hydroxylation is 1. The maximum atomic E-state index is 12.0. The highest BCUT2D eigenvalue weighted by molar-refractivity contribution is 6.00. The van der Waals surface area contributed by atoms with Crippen LogP contribution in [0.2, 0.25) is 0 Å². The van der Waals surface area contributed by atoms with Gasteiger partial charge in [-0.05, 0) is 30.5 Å². The molecule has 2 atom stereocenters. The number of amides is 2. The second-order valence-electron chi connectivity index (χ2n) is 5.45. The van der Waals surface area contributed by atoms with E-state index in [0.29, 0.717) is 24.1 Å². The Bertz CT molecular complexity index is 677. The van der Waals surface area contributed by atoms with Gasteiger partial charge in [0.15, 0.2) is 0 Å². The number of fused-ring (bicyclic) bond motifs is 1. The number of benzene rings is 1. The van der Waals surface area contributed by atoms with Crippen molar-refractivity contribution in [3.05, 3.63) is 34.4 Å². The molecule has 2 aliphatic heterocycles. The maximum Gasteiger partial charge on any atom is 0.244 e. The number of hydrogen-bond donors (Lipinski definition) is 2. The van der Waals surface area contributed by atoms with Crippen LogP contribution >= 0.6 is 0 Å². The van der Waals surface area contributed by atoms with Crippen LogP contribution in [0.4, 0.5) is 0 Å². The number of carbonyl (C=O) groups excluding carboxylic acids is 2. The topological polar surface area (TPSA) is 93.4 Å². The molecule has 2 N–H and O–H groups in total. The predicted octanol–water partition coefficient (Wildman–Crippen LogP) is 0.478. The van der Waals surface area contributed by atoms with E-state index in [9.17, 15) is 20.0 Å². The molecule has 108 valence electrons. The number of piperidine rings is 1. The third-order valence-electron chi connectivity index (χ3n) is 4.22. The zero-order valence-electron chi connectivity index (χ0n) is 11.6. The molecule has 0 saturated carbocycles. The van der Waals surface area contributed by atoms with Gasteiger partial charge in [0.25, 0.3) is 0 Å². The number of nitrogens with zero attached hydrogens (tertiary/aromatic N) is 2. The molecular weight excluding hydrogens is 270 g/mol. The molecule has 6 heteroatoms. The average molecular weight is 285 g/mol. The van der Waals surface area contributed by atoms with E-state index < -0.39 is 12.3 Å². The van der Waals surface area contributed by atoms with Crippen molar-refractivity contribution >= 4 is 11.8 Å². The number of nitrogens with one attached hydrogen (secondary N) is 1. The van der Waals surface area contributed by atoms with E-state index in [4.69, 9.17) is 0 Å². The molecule has 1 saturated heterocycles. The molecule has 2 unspecified atom stereocenters. The Morgan fingerprint density at radius 3 is 2.86 bits per heavy atom. The van der Waals surface area contributed by atoms with Gasteiger partial charge in [-0.15, -0.1) is 0 Å². The first kappa shape index (κ1) is 13.7. The van der Waals surface area contributed by atoms with Crippen LogP contribution in [0.3, 0.4) is 0 Å². The lowest BCUT2D eigenvalue weighted by Crippen LogP contribution is -2.51. The highest BCUT2D eigenvalue weighted by Gasteiger charge is 2.41. The second-order valence-corrected chi connectivity index (χ2v) is 5.45. The lowest BCUT2D eigenvalue weighted by Gasteiger charge is -2.31. The Balaban J connectivity index is 1.96. The van der Waals surface area contributed by atoms with Crippen molar-refractivity contribution < 1.29 is 14.7 Å². The van der Waals surface area contributed by atoms with Gasteiger partial charge in [-0.1, -0.05) is 6.07 Å². The van der Waals surface area contributed by atoms with Crippen molar-refractivity contribution in [2.45, 2.75) is 38.6 Å². The molecule has 1 fully saturated rings. The molecule has 1 aromatic carbocycles. The third-order valence-corrected chi connectivity index (χ3v) is 4.22. The van der Waals surface area contributed by atoms with E-state index in [1.807, 2.05) is 6.92 Å². The smallest absolute Gasteiger partial charge is 0.244 e.